The molecule has 0 saturated heterocycles. The van der Waals surface area contributed by atoms with Gasteiger partial charge in [-0.1, -0.05) is 11.6 Å². The molecule has 0 radical (unpaired) electrons. The van der Waals surface area contributed by atoms with E-state index in [9.17, 15) is 14.7 Å². The lowest BCUT2D eigenvalue weighted by Crippen LogP contribution is -2.09. The number of carboxylic acid groups (broad SMARTS) is 1. The van der Waals surface area contributed by atoms with Gasteiger partial charge in [0.15, 0.2) is 0 Å². The molecule has 0 fully saturated rings. The SMILES string of the molecule is CCOc1ccc(Cl)cc1/C(O)=C/C(=O)C(=O)O. The van der Waals surface area contributed by atoms with Gasteiger partial charge in [-0.05, 0) is 25.1 Å². The fourth-order valence-electron chi connectivity index (χ4n) is 1.25. The van der Waals surface area contributed by atoms with Gasteiger partial charge in [-0.2, -0.15) is 0 Å². The van der Waals surface area contributed by atoms with Crippen LogP contribution in [0.5, 0.6) is 5.75 Å². The Labute approximate surface area is 108 Å². The van der Waals surface area contributed by atoms with Crippen LogP contribution in [-0.2, 0) is 9.59 Å². The molecule has 0 aliphatic rings. The Bertz CT molecular complexity index is 507. The summed E-state index contributed by atoms with van der Waals surface area (Å²) in [6, 6.07) is 4.46. The molecule has 0 aliphatic carbocycles. The van der Waals surface area contributed by atoms with Crippen molar-refractivity contribution in [2.24, 2.45) is 0 Å². The minimum Gasteiger partial charge on any atom is -0.507 e. The highest BCUT2D eigenvalue weighted by molar-refractivity contribution is 6.38. The van der Waals surface area contributed by atoms with Gasteiger partial charge in [-0.15, -0.1) is 0 Å². The molecule has 0 bridgehead atoms. The number of ether oxygens (including phenoxy) is 1. The van der Waals surface area contributed by atoms with Gasteiger partial charge in [0.05, 0.1) is 12.2 Å². The molecule has 0 atom stereocenters. The van der Waals surface area contributed by atoms with Crippen LogP contribution < -0.4 is 4.74 Å². The largest absolute Gasteiger partial charge is 0.507 e. The summed E-state index contributed by atoms with van der Waals surface area (Å²) >= 11 is 5.77. The molecule has 1 rings (SSSR count). The van der Waals surface area contributed by atoms with Crippen LogP contribution in [0.25, 0.3) is 5.76 Å². The van der Waals surface area contributed by atoms with Crippen LogP contribution >= 0.6 is 11.6 Å². The summed E-state index contributed by atoms with van der Waals surface area (Å²) < 4.78 is 5.24. The molecule has 0 unspecified atom stereocenters. The minimum atomic E-state index is -1.65. The zero-order valence-electron chi connectivity index (χ0n) is 9.51. The van der Waals surface area contributed by atoms with Crippen LogP contribution in [0.2, 0.25) is 5.02 Å². The minimum absolute atomic E-state index is 0.166. The summed E-state index contributed by atoms with van der Waals surface area (Å²) in [5.41, 5.74) is 0.166. The Morgan fingerprint density at radius 1 is 1.39 bits per heavy atom. The molecule has 0 saturated carbocycles. The summed E-state index contributed by atoms with van der Waals surface area (Å²) in [5.74, 6) is -3.07. The van der Waals surface area contributed by atoms with Gasteiger partial charge >= 0.3 is 5.97 Å². The molecule has 6 heteroatoms. The fraction of sp³-hybridized carbons (Fsp3) is 0.167. The first-order chi connectivity index (χ1) is 8.45. The van der Waals surface area contributed by atoms with Crippen LogP contribution in [0, 0.1) is 0 Å². The van der Waals surface area contributed by atoms with Gasteiger partial charge in [0.1, 0.15) is 11.5 Å². The molecule has 0 heterocycles. The van der Waals surface area contributed by atoms with Crippen molar-refractivity contribution < 1.29 is 24.5 Å². The standard InChI is InChI=1S/C12H11ClO5/c1-2-18-11-4-3-7(13)5-8(11)9(14)6-10(15)12(16)17/h3-6,14H,2H2,1H3,(H,16,17)/b9-6-. The van der Waals surface area contributed by atoms with Gasteiger partial charge in [0.2, 0.25) is 0 Å². The van der Waals surface area contributed by atoms with Crippen molar-refractivity contribution in [3.8, 4) is 5.75 Å². The Morgan fingerprint density at radius 3 is 2.61 bits per heavy atom. The number of aliphatic hydroxyl groups is 1. The number of carbonyl (C=O) groups excluding carboxylic acids is 1. The number of aliphatic carboxylic acids is 1. The molecule has 1 aromatic carbocycles. The Hall–Kier alpha value is -2.01. The first-order valence-electron chi connectivity index (χ1n) is 5.06. The summed E-state index contributed by atoms with van der Waals surface area (Å²) in [6.45, 7) is 2.11. The van der Waals surface area contributed by atoms with Crippen molar-refractivity contribution in [3.63, 3.8) is 0 Å². The van der Waals surface area contributed by atoms with E-state index >= 15 is 0 Å². The molecule has 0 aliphatic heterocycles. The van der Waals surface area contributed by atoms with Crippen molar-refractivity contribution >= 4 is 29.1 Å². The summed E-state index contributed by atoms with van der Waals surface area (Å²) in [7, 11) is 0. The Kier molecular flexibility index (Phi) is 4.74. The van der Waals surface area contributed by atoms with Crippen molar-refractivity contribution in [3.05, 3.63) is 34.9 Å². The molecular formula is C12H11ClO5. The molecule has 96 valence electrons. The number of hydrogen-bond donors (Lipinski definition) is 2. The Morgan fingerprint density at radius 2 is 2.06 bits per heavy atom. The summed E-state index contributed by atoms with van der Waals surface area (Å²) in [5, 5.41) is 18.5. The zero-order chi connectivity index (χ0) is 13.7. The molecule has 18 heavy (non-hydrogen) atoms. The lowest BCUT2D eigenvalue weighted by Gasteiger charge is -2.09. The molecule has 1 aromatic rings. The summed E-state index contributed by atoms with van der Waals surface area (Å²) in [4.78, 5) is 21.4. The van der Waals surface area contributed by atoms with E-state index in [0.29, 0.717) is 23.5 Å². The van der Waals surface area contributed by atoms with E-state index in [1.165, 1.54) is 12.1 Å². The second-order valence-corrected chi connectivity index (χ2v) is 3.71. The van der Waals surface area contributed by atoms with E-state index in [-0.39, 0.29) is 5.56 Å². The molecule has 0 amide bonds. The third-order valence-corrected chi connectivity index (χ3v) is 2.23. The number of halogens is 1. The molecule has 2 N–H and O–H groups in total. The van der Waals surface area contributed by atoms with E-state index < -0.39 is 17.5 Å². The van der Waals surface area contributed by atoms with E-state index in [1.807, 2.05) is 0 Å². The molecule has 5 nitrogen and oxygen atoms in total. The molecular weight excluding hydrogens is 260 g/mol. The van der Waals surface area contributed by atoms with Crippen LogP contribution in [0.4, 0.5) is 0 Å². The highest BCUT2D eigenvalue weighted by Crippen LogP contribution is 2.28. The van der Waals surface area contributed by atoms with E-state index in [0.717, 1.165) is 0 Å². The average molecular weight is 271 g/mol. The second kappa shape index (κ2) is 6.07. The third-order valence-electron chi connectivity index (χ3n) is 2.00. The number of carbonyl (C=O) groups is 2. The third kappa shape index (κ3) is 3.49. The van der Waals surface area contributed by atoms with Crippen molar-refractivity contribution in [1.29, 1.82) is 0 Å². The van der Waals surface area contributed by atoms with Crippen LogP contribution in [-0.4, -0.2) is 28.6 Å². The van der Waals surface area contributed by atoms with Crippen LogP contribution in [0.3, 0.4) is 0 Å². The lowest BCUT2D eigenvalue weighted by atomic mass is 10.1. The number of rotatable bonds is 5. The van der Waals surface area contributed by atoms with Crippen LogP contribution in [0.1, 0.15) is 12.5 Å². The maximum Gasteiger partial charge on any atom is 0.376 e. The quantitative estimate of drug-likeness (QED) is 0.487. The maximum atomic E-state index is 11.0. The predicted octanol–water partition coefficient (Wildman–Crippen LogP) is 2.29. The monoisotopic (exact) mass is 270 g/mol. The molecule has 0 aromatic heterocycles. The number of benzene rings is 1. The van der Waals surface area contributed by atoms with E-state index in [1.54, 1.807) is 13.0 Å². The van der Waals surface area contributed by atoms with Gasteiger partial charge < -0.3 is 14.9 Å². The van der Waals surface area contributed by atoms with Gasteiger partial charge in [0, 0.05) is 11.1 Å². The van der Waals surface area contributed by atoms with Crippen LogP contribution in [0.15, 0.2) is 24.3 Å². The number of hydrogen-bond acceptors (Lipinski definition) is 4. The van der Waals surface area contributed by atoms with Crippen molar-refractivity contribution in [2.75, 3.05) is 6.61 Å². The average Bonchev–Trinajstić information content (AvgIpc) is 2.31. The molecule has 0 spiro atoms. The highest BCUT2D eigenvalue weighted by Gasteiger charge is 2.14. The number of aliphatic hydroxyl groups excluding tert-OH is 1. The van der Waals surface area contributed by atoms with Crippen molar-refractivity contribution in [2.45, 2.75) is 6.92 Å². The van der Waals surface area contributed by atoms with Gasteiger partial charge in [0.25, 0.3) is 5.78 Å². The normalized spacial score (nSPS) is 11.1. The van der Waals surface area contributed by atoms with Gasteiger partial charge in [-0.3, -0.25) is 4.79 Å². The predicted molar refractivity (Wildman–Crippen MR) is 65.9 cm³/mol. The highest BCUT2D eigenvalue weighted by atomic mass is 35.5. The Balaban J connectivity index is 3.18. The maximum absolute atomic E-state index is 11.0. The first kappa shape index (κ1) is 14.1. The van der Waals surface area contributed by atoms with E-state index in [2.05, 4.69) is 0 Å². The second-order valence-electron chi connectivity index (χ2n) is 3.27. The number of carboxylic acids is 1. The van der Waals surface area contributed by atoms with Crippen molar-refractivity contribution in [1.82, 2.24) is 0 Å². The lowest BCUT2D eigenvalue weighted by molar-refractivity contribution is -0.146. The topological polar surface area (TPSA) is 83.8 Å². The smallest absolute Gasteiger partial charge is 0.376 e. The summed E-state index contributed by atoms with van der Waals surface area (Å²) in [6.07, 6.45) is 0.608. The fourth-order valence-corrected chi connectivity index (χ4v) is 1.42. The van der Waals surface area contributed by atoms with E-state index in [4.69, 9.17) is 21.4 Å². The zero-order valence-corrected chi connectivity index (χ0v) is 10.3. The van der Waals surface area contributed by atoms with Gasteiger partial charge in [-0.25, -0.2) is 4.79 Å². The first-order valence-corrected chi connectivity index (χ1v) is 5.44. The number of ketones is 1.